The van der Waals surface area contributed by atoms with Gasteiger partial charge < -0.3 is 14.4 Å². The molecule has 1 aromatic rings. The Morgan fingerprint density at radius 2 is 1.77 bits per heavy atom. The third-order valence-corrected chi connectivity index (χ3v) is 5.95. The first-order chi connectivity index (χ1) is 12.1. The molecule has 0 bridgehead atoms. The molecule has 0 radical (unpaired) electrons. The molecule has 0 spiro atoms. The van der Waals surface area contributed by atoms with Crippen molar-refractivity contribution in [1.82, 2.24) is 4.90 Å². The fourth-order valence-corrected chi connectivity index (χ4v) is 4.54. The number of carbonyl (C=O) groups is 2. The lowest BCUT2D eigenvalue weighted by atomic mass is 10.2. The normalized spacial score (nSPS) is 19.8. The number of sulfone groups is 1. The Kier molecular flexibility index (Phi) is 6.28. The number of esters is 1. The molecule has 0 aromatic heterocycles. The van der Waals surface area contributed by atoms with Crippen molar-refractivity contribution in [2.45, 2.75) is 45.4 Å². The van der Waals surface area contributed by atoms with Crippen molar-refractivity contribution in [3.63, 3.8) is 0 Å². The van der Waals surface area contributed by atoms with Gasteiger partial charge in [-0.15, -0.1) is 0 Å². The summed E-state index contributed by atoms with van der Waals surface area (Å²) in [5, 5.41) is 0. The fraction of sp³-hybridized carbons (Fsp3) is 0.556. The average molecular weight is 383 g/mol. The van der Waals surface area contributed by atoms with Crippen molar-refractivity contribution in [2.24, 2.45) is 0 Å². The van der Waals surface area contributed by atoms with Crippen LogP contribution in [0.1, 0.15) is 37.6 Å². The Balaban J connectivity index is 1.94. The maximum Gasteiger partial charge on any atom is 0.338 e. The first-order valence-electron chi connectivity index (χ1n) is 8.54. The molecule has 1 aliphatic heterocycles. The topological polar surface area (TPSA) is 90.0 Å². The highest BCUT2D eigenvalue weighted by Crippen LogP contribution is 2.19. The Morgan fingerprint density at radius 1 is 1.15 bits per heavy atom. The van der Waals surface area contributed by atoms with Crippen LogP contribution in [0.15, 0.2) is 24.3 Å². The summed E-state index contributed by atoms with van der Waals surface area (Å²) in [7, 11) is -1.55. The molecule has 1 heterocycles. The highest BCUT2D eigenvalue weighted by molar-refractivity contribution is 7.91. The number of amides is 1. The van der Waals surface area contributed by atoms with Crippen LogP contribution >= 0.6 is 0 Å². The van der Waals surface area contributed by atoms with Gasteiger partial charge in [0.2, 0.25) is 0 Å². The first-order valence-corrected chi connectivity index (χ1v) is 10.4. The van der Waals surface area contributed by atoms with Gasteiger partial charge in [-0.3, -0.25) is 4.79 Å². The Bertz CT molecular complexity index is 756. The number of carbonyl (C=O) groups excluding carboxylic acids is 2. The summed E-state index contributed by atoms with van der Waals surface area (Å²) in [6.45, 7) is 5.29. The number of nitrogens with zero attached hydrogens (tertiary/aromatic N) is 1. The van der Waals surface area contributed by atoms with E-state index in [0.29, 0.717) is 17.7 Å². The smallest absolute Gasteiger partial charge is 0.338 e. The van der Waals surface area contributed by atoms with E-state index >= 15 is 0 Å². The summed E-state index contributed by atoms with van der Waals surface area (Å²) in [5.74, 6) is -0.362. The monoisotopic (exact) mass is 383 g/mol. The molecule has 0 saturated carbocycles. The van der Waals surface area contributed by atoms with Crippen LogP contribution in [0.3, 0.4) is 0 Å². The van der Waals surface area contributed by atoms with Gasteiger partial charge in [0.05, 0.1) is 23.2 Å². The lowest BCUT2D eigenvalue weighted by Gasteiger charge is -2.26. The molecule has 1 aromatic carbocycles. The molecular formula is C18H25NO6S. The lowest BCUT2D eigenvalue weighted by Crippen LogP contribution is -2.44. The van der Waals surface area contributed by atoms with Gasteiger partial charge in [0, 0.05) is 13.1 Å². The molecular weight excluding hydrogens is 358 g/mol. The van der Waals surface area contributed by atoms with E-state index in [1.807, 2.05) is 13.8 Å². The Morgan fingerprint density at radius 3 is 2.27 bits per heavy atom. The molecule has 7 nitrogen and oxygen atoms in total. The largest absolute Gasteiger partial charge is 0.491 e. The van der Waals surface area contributed by atoms with Crippen molar-refractivity contribution in [2.75, 3.05) is 18.6 Å². The van der Waals surface area contributed by atoms with Gasteiger partial charge in [0.1, 0.15) is 5.75 Å². The number of likely N-dealkylation sites (N-methyl/N-ethyl adjacent to an activating group) is 1. The average Bonchev–Trinajstić information content (AvgIpc) is 2.93. The van der Waals surface area contributed by atoms with E-state index in [9.17, 15) is 18.0 Å². The van der Waals surface area contributed by atoms with Crippen molar-refractivity contribution >= 4 is 21.7 Å². The second kappa shape index (κ2) is 8.07. The fourth-order valence-electron chi connectivity index (χ4n) is 2.77. The zero-order valence-electron chi connectivity index (χ0n) is 15.5. The summed E-state index contributed by atoms with van der Waals surface area (Å²) in [6.07, 6.45) is -0.564. The minimum Gasteiger partial charge on any atom is -0.491 e. The molecule has 1 saturated heterocycles. The second-order valence-corrected chi connectivity index (χ2v) is 8.97. The molecule has 0 unspecified atom stereocenters. The number of benzene rings is 1. The summed E-state index contributed by atoms with van der Waals surface area (Å²) < 4.78 is 33.9. The van der Waals surface area contributed by atoms with Gasteiger partial charge >= 0.3 is 5.97 Å². The molecule has 1 aliphatic rings. The van der Waals surface area contributed by atoms with Crippen molar-refractivity contribution in [1.29, 1.82) is 0 Å². The van der Waals surface area contributed by atoms with Gasteiger partial charge in [-0.1, -0.05) is 0 Å². The standard InChI is InChI=1S/C18H25NO6S/c1-12(2)24-16-7-5-14(6-8-16)18(21)25-13(3)17(20)19(4)15-9-10-26(22,23)11-15/h5-8,12-13,15H,9-11H2,1-4H3/t13-,15-/m1/s1. The van der Waals surface area contributed by atoms with E-state index in [0.717, 1.165) is 0 Å². The molecule has 2 atom stereocenters. The number of rotatable bonds is 6. The van der Waals surface area contributed by atoms with Crippen molar-refractivity contribution in [3.8, 4) is 5.75 Å². The third kappa shape index (κ3) is 5.20. The van der Waals surface area contributed by atoms with Gasteiger partial charge in [-0.2, -0.15) is 0 Å². The van der Waals surface area contributed by atoms with Crippen LogP contribution in [-0.2, 0) is 19.4 Å². The molecule has 1 fully saturated rings. The third-order valence-electron chi connectivity index (χ3n) is 4.20. The Hall–Kier alpha value is -2.09. The number of hydrogen-bond donors (Lipinski definition) is 0. The van der Waals surface area contributed by atoms with Crippen LogP contribution in [0.2, 0.25) is 0 Å². The van der Waals surface area contributed by atoms with E-state index in [1.165, 1.54) is 18.9 Å². The van der Waals surface area contributed by atoms with E-state index in [-0.39, 0.29) is 23.7 Å². The zero-order chi connectivity index (χ0) is 19.5. The molecule has 0 aliphatic carbocycles. The van der Waals surface area contributed by atoms with Crippen LogP contribution < -0.4 is 4.74 Å². The zero-order valence-corrected chi connectivity index (χ0v) is 16.3. The predicted octanol–water partition coefficient (Wildman–Crippen LogP) is 1.66. The summed E-state index contributed by atoms with van der Waals surface area (Å²) >= 11 is 0. The maximum absolute atomic E-state index is 12.4. The SMILES string of the molecule is CC(C)Oc1ccc(C(=O)O[C@H](C)C(=O)N(C)[C@@H]2CCS(=O)(=O)C2)cc1. The predicted molar refractivity (Wildman–Crippen MR) is 96.9 cm³/mol. The molecule has 1 amide bonds. The van der Waals surface area contributed by atoms with Crippen LogP contribution in [-0.4, -0.2) is 62.0 Å². The lowest BCUT2D eigenvalue weighted by molar-refractivity contribution is -0.140. The van der Waals surface area contributed by atoms with E-state index in [4.69, 9.17) is 9.47 Å². The highest BCUT2D eigenvalue weighted by atomic mass is 32.2. The van der Waals surface area contributed by atoms with Gasteiger partial charge in [-0.05, 0) is 51.5 Å². The van der Waals surface area contributed by atoms with Gasteiger partial charge in [-0.25, -0.2) is 13.2 Å². The van der Waals surface area contributed by atoms with Crippen LogP contribution in [0.4, 0.5) is 0 Å². The second-order valence-electron chi connectivity index (χ2n) is 6.74. The minimum atomic E-state index is -3.09. The van der Waals surface area contributed by atoms with Gasteiger partial charge in [0.15, 0.2) is 15.9 Å². The summed E-state index contributed by atoms with van der Waals surface area (Å²) in [6, 6.07) is 6.10. The molecule has 2 rings (SSSR count). The summed E-state index contributed by atoms with van der Waals surface area (Å²) in [4.78, 5) is 26.0. The quantitative estimate of drug-likeness (QED) is 0.694. The van der Waals surface area contributed by atoms with E-state index in [2.05, 4.69) is 0 Å². The first kappa shape index (κ1) is 20.2. The number of hydrogen-bond acceptors (Lipinski definition) is 6. The van der Waals surface area contributed by atoms with E-state index < -0.39 is 27.8 Å². The molecule has 0 N–H and O–H groups in total. The van der Waals surface area contributed by atoms with Crippen LogP contribution in [0, 0.1) is 0 Å². The van der Waals surface area contributed by atoms with Crippen LogP contribution in [0.5, 0.6) is 5.75 Å². The highest BCUT2D eigenvalue weighted by Gasteiger charge is 2.35. The minimum absolute atomic E-state index is 0.0281. The maximum atomic E-state index is 12.4. The Labute approximate surface area is 154 Å². The van der Waals surface area contributed by atoms with Crippen molar-refractivity contribution < 1.29 is 27.5 Å². The number of ether oxygens (including phenoxy) is 2. The van der Waals surface area contributed by atoms with Crippen LogP contribution in [0.25, 0.3) is 0 Å². The van der Waals surface area contributed by atoms with E-state index in [1.54, 1.807) is 24.3 Å². The van der Waals surface area contributed by atoms with Crippen molar-refractivity contribution in [3.05, 3.63) is 29.8 Å². The van der Waals surface area contributed by atoms with Gasteiger partial charge in [0.25, 0.3) is 5.91 Å². The summed E-state index contributed by atoms with van der Waals surface area (Å²) in [5.41, 5.74) is 0.312. The molecule has 144 valence electrons. The molecule has 8 heteroatoms. The molecule has 26 heavy (non-hydrogen) atoms.